The quantitative estimate of drug-likeness (QED) is 0.603. The maximum Gasteiger partial charge on any atom is 0.229 e. The zero-order valence-electron chi connectivity index (χ0n) is 17.1. The molecule has 0 aromatic heterocycles. The number of rotatable bonds is 2. The van der Waals surface area contributed by atoms with E-state index in [1.807, 2.05) is 6.07 Å². The Morgan fingerprint density at radius 1 is 1.07 bits per heavy atom. The highest BCUT2D eigenvalue weighted by Crippen LogP contribution is 2.60. The van der Waals surface area contributed by atoms with Crippen LogP contribution in [0, 0.1) is 17.3 Å². The molecule has 2 fully saturated rings. The number of allylic oxidation sites excluding steroid dienone is 3. The summed E-state index contributed by atoms with van der Waals surface area (Å²) < 4.78 is 5.97. The molecular formula is C25H28O4. The second kappa shape index (κ2) is 6.66. The molecule has 5 rings (SSSR count). The molecule has 1 aromatic carbocycles. The minimum Gasteiger partial charge on any atom is -0.457 e. The summed E-state index contributed by atoms with van der Waals surface area (Å²) in [7, 11) is 0. The summed E-state index contributed by atoms with van der Waals surface area (Å²) in [6.07, 6.45) is 9.05. The molecular weight excluding hydrogens is 364 g/mol. The minimum absolute atomic E-state index is 0.100. The fourth-order valence-electron chi connectivity index (χ4n) is 6.47. The number of aliphatic hydroxyl groups excluding tert-OH is 1. The van der Waals surface area contributed by atoms with E-state index in [2.05, 4.69) is 19.1 Å². The van der Waals surface area contributed by atoms with Crippen LogP contribution in [0.4, 0.5) is 0 Å². The Kier molecular flexibility index (Phi) is 4.32. The van der Waals surface area contributed by atoms with Gasteiger partial charge < -0.3 is 9.84 Å². The van der Waals surface area contributed by atoms with E-state index in [-0.39, 0.29) is 11.5 Å². The fourth-order valence-corrected chi connectivity index (χ4v) is 6.47. The predicted molar refractivity (Wildman–Crippen MR) is 110 cm³/mol. The van der Waals surface area contributed by atoms with Gasteiger partial charge in [0.2, 0.25) is 11.6 Å². The van der Waals surface area contributed by atoms with Crippen molar-refractivity contribution in [1.82, 2.24) is 0 Å². The van der Waals surface area contributed by atoms with Crippen LogP contribution in [0.15, 0.2) is 41.7 Å². The lowest BCUT2D eigenvalue weighted by Gasteiger charge is -2.50. The molecule has 4 heteroatoms. The lowest BCUT2D eigenvalue weighted by Crippen LogP contribution is -2.43. The lowest BCUT2D eigenvalue weighted by atomic mass is 9.55. The van der Waals surface area contributed by atoms with E-state index in [1.165, 1.54) is 29.7 Å². The summed E-state index contributed by atoms with van der Waals surface area (Å²) in [5.41, 5.74) is 3.56. The number of hydrogen-bond acceptors (Lipinski definition) is 4. The van der Waals surface area contributed by atoms with E-state index in [0.29, 0.717) is 29.1 Å². The predicted octanol–water partition coefficient (Wildman–Crippen LogP) is 4.26. The summed E-state index contributed by atoms with van der Waals surface area (Å²) in [5, 5.41) is 10.5. The highest BCUT2D eigenvalue weighted by Gasteiger charge is 2.54. The highest BCUT2D eigenvalue weighted by molar-refractivity contribution is 6.46. The molecule has 0 heterocycles. The first-order valence-corrected chi connectivity index (χ1v) is 10.8. The van der Waals surface area contributed by atoms with Gasteiger partial charge in [0.1, 0.15) is 11.5 Å². The van der Waals surface area contributed by atoms with Crippen molar-refractivity contribution in [2.75, 3.05) is 0 Å². The molecule has 4 aliphatic carbocycles. The second-order valence-corrected chi connectivity index (χ2v) is 9.58. The number of ketones is 2. The van der Waals surface area contributed by atoms with Crippen LogP contribution >= 0.6 is 0 Å². The molecule has 1 N–H and O–H groups in total. The van der Waals surface area contributed by atoms with Gasteiger partial charge in [0.05, 0.1) is 6.10 Å². The van der Waals surface area contributed by atoms with Gasteiger partial charge in [0, 0.05) is 6.08 Å². The van der Waals surface area contributed by atoms with Crippen molar-refractivity contribution in [2.45, 2.75) is 64.4 Å². The van der Waals surface area contributed by atoms with Crippen molar-refractivity contribution in [2.24, 2.45) is 17.3 Å². The van der Waals surface area contributed by atoms with Gasteiger partial charge in [-0.25, -0.2) is 0 Å². The van der Waals surface area contributed by atoms with Crippen molar-refractivity contribution in [1.29, 1.82) is 0 Å². The average molecular weight is 392 g/mol. The van der Waals surface area contributed by atoms with E-state index in [1.54, 1.807) is 6.92 Å². The Bertz CT molecular complexity index is 956. The van der Waals surface area contributed by atoms with Crippen molar-refractivity contribution in [3.63, 3.8) is 0 Å². The van der Waals surface area contributed by atoms with Gasteiger partial charge in [0.15, 0.2) is 0 Å². The fraction of sp³-hybridized carbons (Fsp3) is 0.520. The largest absolute Gasteiger partial charge is 0.457 e. The summed E-state index contributed by atoms with van der Waals surface area (Å²) in [4.78, 5) is 23.2. The molecule has 4 aliphatic rings. The molecule has 0 spiro atoms. The number of benzene rings is 1. The Morgan fingerprint density at radius 2 is 1.86 bits per heavy atom. The van der Waals surface area contributed by atoms with E-state index in [0.717, 1.165) is 37.9 Å². The SMILES string of the molecule is CC1=CC(=O)C(=O)C=C1Oc1ccc2c(c1)CC[C@@H]1[C@@H]2CC[C@]2(C)[C@@H](O)CC[C@@H]12. The molecule has 4 nitrogen and oxygen atoms in total. The molecule has 0 bridgehead atoms. The maximum absolute atomic E-state index is 11.7. The number of aryl methyl sites for hydroxylation is 1. The van der Waals surface area contributed by atoms with Crippen molar-refractivity contribution < 1.29 is 19.4 Å². The smallest absolute Gasteiger partial charge is 0.229 e. The van der Waals surface area contributed by atoms with Gasteiger partial charge in [0.25, 0.3) is 0 Å². The Labute approximate surface area is 171 Å². The second-order valence-electron chi connectivity index (χ2n) is 9.58. The van der Waals surface area contributed by atoms with Gasteiger partial charge in [-0.3, -0.25) is 9.59 Å². The third kappa shape index (κ3) is 2.92. The molecule has 0 aliphatic heterocycles. The molecule has 0 amide bonds. The minimum atomic E-state index is -0.532. The highest BCUT2D eigenvalue weighted by atomic mass is 16.5. The number of aliphatic hydroxyl groups is 1. The van der Waals surface area contributed by atoms with Gasteiger partial charge in [-0.15, -0.1) is 0 Å². The summed E-state index contributed by atoms with van der Waals surface area (Å²) in [6, 6.07) is 6.30. The zero-order valence-corrected chi connectivity index (χ0v) is 17.1. The Hall–Kier alpha value is -2.20. The number of carbonyl (C=O) groups is 2. The van der Waals surface area contributed by atoms with E-state index < -0.39 is 11.6 Å². The summed E-state index contributed by atoms with van der Waals surface area (Å²) in [6.45, 7) is 4.09. The lowest BCUT2D eigenvalue weighted by molar-refractivity contribution is -0.131. The van der Waals surface area contributed by atoms with Gasteiger partial charge in [-0.2, -0.15) is 0 Å². The summed E-state index contributed by atoms with van der Waals surface area (Å²) >= 11 is 0. The Balaban J connectivity index is 1.39. The monoisotopic (exact) mass is 392 g/mol. The number of carbonyl (C=O) groups excluding carboxylic acids is 2. The van der Waals surface area contributed by atoms with Gasteiger partial charge in [-0.05, 0) is 104 Å². The standard InChI is InChI=1S/C25H28O4/c1-14-11-21(26)22(27)13-23(14)29-16-4-6-17-15(12-16)3-5-19-18(17)9-10-25(2)20(19)7-8-24(25)28/h4,6,11-13,18-20,24,28H,3,5,7-10H2,1-2H3/t18-,19-,20+,24+,25+/m1/s1. The van der Waals surface area contributed by atoms with Gasteiger partial charge >= 0.3 is 0 Å². The van der Waals surface area contributed by atoms with Crippen LogP contribution in [-0.2, 0) is 16.0 Å². The molecule has 0 saturated heterocycles. The molecule has 0 radical (unpaired) electrons. The van der Waals surface area contributed by atoms with Crippen molar-refractivity contribution in [3.8, 4) is 5.75 Å². The van der Waals surface area contributed by atoms with Crippen LogP contribution in [0.2, 0.25) is 0 Å². The van der Waals surface area contributed by atoms with Crippen LogP contribution in [-0.4, -0.2) is 22.8 Å². The first kappa shape index (κ1) is 18.8. The average Bonchev–Trinajstić information content (AvgIpc) is 3.00. The van der Waals surface area contributed by atoms with Crippen LogP contribution in [0.1, 0.15) is 63.0 Å². The number of hydrogen-bond donors (Lipinski definition) is 1. The Morgan fingerprint density at radius 3 is 2.69 bits per heavy atom. The molecule has 2 saturated carbocycles. The molecule has 5 atom stereocenters. The number of fused-ring (bicyclic) bond motifs is 5. The molecule has 152 valence electrons. The van der Waals surface area contributed by atoms with Crippen LogP contribution in [0.5, 0.6) is 5.75 Å². The van der Waals surface area contributed by atoms with E-state index >= 15 is 0 Å². The van der Waals surface area contributed by atoms with Crippen molar-refractivity contribution >= 4 is 11.6 Å². The number of ether oxygens (including phenoxy) is 1. The molecule has 29 heavy (non-hydrogen) atoms. The summed E-state index contributed by atoms with van der Waals surface area (Å²) in [5.74, 6) is 2.02. The van der Waals surface area contributed by atoms with E-state index in [4.69, 9.17) is 4.74 Å². The van der Waals surface area contributed by atoms with Crippen LogP contribution in [0.25, 0.3) is 0 Å². The topological polar surface area (TPSA) is 63.6 Å². The third-order valence-electron chi connectivity index (χ3n) is 8.12. The van der Waals surface area contributed by atoms with E-state index in [9.17, 15) is 14.7 Å². The van der Waals surface area contributed by atoms with Gasteiger partial charge in [-0.1, -0.05) is 13.0 Å². The maximum atomic E-state index is 11.7. The van der Waals surface area contributed by atoms with Crippen LogP contribution < -0.4 is 4.74 Å². The van der Waals surface area contributed by atoms with Crippen molar-refractivity contribution in [3.05, 3.63) is 52.8 Å². The third-order valence-corrected chi connectivity index (χ3v) is 8.12. The molecule has 0 unspecified atom stereocenters. The molecule has 1 aromatic rings. The first-order chi connectivity index (χ1) is 13.9. The normalized spacial score (nSPS) is 36.0. The van der Waals surface area contributed by atoms with Crippen LogP contribution in [0.3, 0.4) is 0 Å². The zero-order chi connectivity index (χ0) is 20.3. The first-order valence-electron chi connectivity index (χ1n) is 10.8.